The van der Waals surface area contributed by atoms with Crippen LogP contribution in [0, 0.1) is 11.3 Å². The van der Waals surface area contributed by atoms with Gasteiger partial charge < -0.3 is 15.0 Å². The number of fused-ring (bicyclic) bond motifs is 1. The summed E-state index contributed by atoms with van der Waals surface area (Å²) in [5.41, 5.74) is 2.41. The second kappa shape index (κ2) is 8.65. The highest BCUT2D eigenvalue weighted by Gasteiger charge is 2.10. The maximum absolute atomic E-state index is 12.3. The van der Waals surface area contributed by atoms with E-state index in [0.717, 1.165) is 21.7 Å². The number of ether oxygens (including phenoxy) is 1. The van der Waals surface area contributed by atoms with E-state index in [2.05, 4.69) is 21.4 Å². The Bertz CT molecular complexity index is 965. The van der Waals surface area contributed by atoms with Crippen LogP contribution in [0.2, 0.25) is 0 Å². The molecule has 0 bridgehead atoms. The van der Waals surface area contributed by atoms with Gasteiger partial charge in [-0.3, -0.25) is 4.79 Å². The van der Waals surface area contributed by atoms with Gasteiger partial charge in [-0.2, -0.15) is 5.26 Å². The van der Waals surface area contributed by atoms with Gasteiger partial charge in [0.15, 0.2) is 5.16 Å². The molecule has 0 aliphatic heterocycles. The second-order valence-corrected chi connectivity index (χ2v) is 7.19. The van der Waals surface area contributed by atoms with Crippen molar-refractivity contribution < 1.29 is 9.53 Å². The first-order valence-electron chi connectivity index (χ1n) is 7.75. The van der Waals surface area contributed by atoms with E-state index in [1.807, 2.05) is 42.5 Å². The van der Waals surface area contributed by atoms with Crippen LogP contribution in [-0.2, 0) is 4.79 Å². The van der Waals surface area contributed by atoms with E-state index >= 15 is 0 Å². The first kappa shape index (κ1) is 18.2. The number of hydrogen-bond donors (Lipinski definition) is 2. The highest BCUT2D eigenvalue weighted by Crippen LogP contribution is 2.27. The molecular weight excluding hydrogens is 368 g/mol. The molecule has 2 aromatic carbocycles. The Labute approximate surface area is 159 Å². The predicted molar refractivity (Wildman–Crippen MR) is 105 cm³/mol. The molecule has 132 valence electrons. The summed E-state index contributed by atoms with van der Waals surface area (Å²) in [4.78, 5) is 20.8. The molecule has 0 aliphatic carbocycles. The van der Waals surface area contributed by atoms with Crippen LogP contribution in [0.5, 0.6) is 5.75 Å². The van der Waals surface area contributed by atoms with Gasteiger partial charge >= 0.3 is 0 Å². The Morgan fingerprint density at radius 3 is 2.96 bits per heavy atom. The molecule has 0 saturated heterocycles. The lowest BCUT2D eigenvalue weighted by atomic mass is 10.3. The van der Waals surface area contributed by atoms with Crippen LogP contribution in [-0.4, -0.2) is 34.5 Å². The second-order valence-electron chi connectivity index (χ2n) is 5.20. The van der Waals surface area contributed by atoms with Crippen LogP contribution < -0.4 is 10.1 Å². The number of carbonyl (C=O) groups excluding carboxylic acids is 1. The Morgan fingerprint density at radius 1 is 1.31 bits per heavy atom. The van der Waals surface area contributed by atoms with Gasteiger partial charge in [0.05, 0.1) is 41.4 Å². The summed E-state index contributed by atoms with van der Waals surface area (Å²) in [6.45, 7) is 0. The summed E-state index contributed by atoms with van der Waals surface area (Å²) in [5.74, 6) is 1.19. The van der Waals surface area contributed by atoms with Crippen LogP contribution in [0.25, 0.3) is 11.0 Å². The fraction of sp³-hybridized carbons (Fsp3) is 0.167. The Kier molecular flexibility index (Phi) is 6.04. The number of nitrogens with one attached hydrogen (secondary N) is 2. The number of H-pyrrole nitrogens is 1. The monoisotopic (exact) mass is 384 g/mol. The van der Waals surface area contributed by atoms with Crippen LogP contribution in [0.4, 0.5) is 5.69 Å². The van der Waals surface area contributed by atoms with Crippen molar-refractivity contribution >= 4 is 46.2 Å². The molecule has 3 rings (SSSR count). The van der Waals surface area contributed by atoms with Crippen molar-refractivity contribution in [2.75, 3.05) is 23.9 Å². The van der Waals surface area contributed by atoms with Crippen molar-refractivity contribution in [1.29, 1.82) is 5.26 Å². The fourth-order valence-corrected chi connectivity index (χ4v) is 3.64. The third-order valence-corrected chi connectivity index (χ3v) is 5.27. The van der Waals surface area contributed by atoms with E-state index in [0.29, 0.717) is 16.6 Å². The number of para-hydroxylation sites is 1. The van der Waals surface area contributed by atoms with E-state index in [-0.39, 0.29) is 11.7 Å². The molecule has 1 amide bonds. The van der Waals surface area contributed by atoms with Gasteiger partial charge in [-0.05, 0) is 24.3 Å². The van der Waals surface area contributed by atoms with Crippen LogP contribution in [0.3, 0.4) is 0 Å². The number of aromatic nitrogens is 2. The number of nitriles is 1. The van der Waals surface area contributed by atoms with Crippen molar-refractivity contribution in [3.8, 4) is 11.8 Å². The molecule has 6 nitrogen and oxygen atoms in total. The smallest absolute Gasteiger partial charge is 0.234 e. The van der Waals surface area contributed by atoms with E-state index in [4.69, 9.17) is 10.00 Å². The SMILES string of the molecule is COc1ccc2nc(SCC(=O)Nc3ccccc3SCC#N)[nH]c2c1. The minimum absolute atomic E-state index is 0.127. The quantitative estimate of drug-likeness (QED) is 0.600. The first-order valence-corrected chi connectivity index (χ1v) is 9.72. The maximum Gasteiger partial charge on any atom is 0.234 e. The summed E-state index contributed by atoms with van der Waals surface area (Å²) in [7, 11) is 1.62. The molecule has 0 fully saturated rings. The Hall–Kier alpha value is -2.63. The molecule has 1 heterocycles. The van der Waals surface area contributed by atoms with Gasteiger partial charge in [-0.15, -0.1) is 11.8 Å². The third-order valence-electron chi connectivity index (χ3n) is 3.46. The largest absolute Gasteiger partial charge is 0.497 e. The number of nitrogens with zero attached hydrogens (tertiary/aromatic N) is 2. The van der Waals surface area contributed by atoms with E-state index in [1.54, 1.807) is 7.11 Å². The lowest BCUT2D eigenvalue weighted by molar-refractivity contribution is -0.113. The number of rotatable bonds is 7. The molecule has 0 spiro atoms. The average Bonchev–Trinajstić information content (AvgIpc) is 3.07. The molecule has 2 N–H and O–H groups in total. The highest BCUT2D eigenvalue weighted by molar-refractivity contribution is 8.00. The fourth-order valence-electron chi connectivity index (χ4n) is 2.29. The zero-order valence-electron chi connectivity index (χ0n) is 14.0. The number of benzene rings is 2. The van der Waals surface area contributed by atoms with E-state index in [1.165, 1.54) is 23.5 Å². The molecular formula is C18H16N4O2S2. The molecule has 1 aromatic heterocycles. The van der Waals surface area contributed by atoms with Gasteiger partial charge in [0.25, 0.3) is 0 Å². The Balaban J connectivity index is 1.62. The van der Waals surface area contributed by atoms with Gasteiger partial charge in [0.1, 0.15) is 5.75 Å². The van der Waals surface area contributed by atoms with Crippen LogP contribution >= 0.6 is 23.5 Å². The van der Waals surface area contributed by atoms with Crippen molar-refractivity contribution in [3.63, 3.8) is 0 Å². The number of amides is 1. The molecule has 8 heteroatoms. The minimum Gasteiger partial charge on any atom is -0.497 e. The highest BCUT2D eigenvalue weighted by atomic mass is 32.2. The van der Waals surface area contributed by atoms with Crippen molar-refractivity contribution in [2.24, 2.45) is 0 Å². The molecule has 26 heavy (non-hydrogen) atoms. The molecule has 0 radical (unpaired) electrons. The third kappa shape index (κ3) is 4.50. The number of carbonyl (C=O) groups is 1. The topological polar surface area (TPSA) is 90.8 Å². The number of imidazole rings is 1. The number of thioether (sulfide) groups is 2. The maximum atomic E-state index is 12.3. The number of methoxy groups -OCH3 is 1. The van der Waals surface area contributed by atoms with Crippen molar-refractivity contribution in [3.05, 3.63) is 42.5 Å². The molecule has 0 saturated carbocycles. The molecule has 3 aromatic rings. The van der Waals surface area contributed by atoms with Crippen molar-refractivity contribution in [1.82, 2.24) is 9.97 Å². The lowest BCUT2D eigenvalue weighted by Crippen LogP contribution is -2.14. The summed E-state index contributed by atoms with van der Waals surface area (Å²) in [6, 6.07) is 15.1. The van der Waals surface area contributed by atoms with Gasteiger partial charge in [-0.1, -0.05) is 23.9 Å². The number of anilines is 1. The normalized spacial score (nSPS) is 10.5. The summed E-state index contributed by atoms with van der Waals surface area (Å²) in [6.07, 6.45) is 0. The average molecular weight is 384 g/mol. The Morgan fingerprint density at radius 2 is 2.15 bits per heavy atom. The van der Waals surface area contributed by atoms with Gasteiger partial charge in [0, 0.05) is 11.0 Å². The molecule has 0 atom stereocenters. The zero-order valence-corrected chi connectivity index (χ0v) is 15.6. The van der Waals surface area contributed by atoms with Crippen LogP contribution in [0.15, 0.2) is 52.5 Å². The van der Waals surface area contributed by atoms with Gasteiger partial charge in [0.2, 0.25) is 5.91 Å². The summed E-state index contributed by atoms with van der Waals surface area (Å²) < 4.78 is 5.19. The molecule has 0 unspecified atom stereocenters. The summed E-state index contributed by atoms with van der Waals surface area (Å²) >= 11 is 2.73. The standard InChI is InChI=1S/C18H16N4O2S2/c1-24-12-6-7-13-15(10-12)22-18(21-13)26-11-17(23)20-14-4-2-3-5-16(14)25-9-8-19/h2-7,10H,9,11H2,1H3,(H,20,23)(H,21,22). The minimum atomic E-state index is -0.127. The first-order chi connectivity index (χ1) is 12.7. The van der Waals surface area contributed by atoms with Crippen molar-refractivity contribution in [2.45, 2.75) is 10.1 Å². The van der Waals surface area contributed by atoms with E-state index in [9.17, 15) is 4.79 Å². The lowest BCUT2D eigenvalue weighted by Gasteiger charge is -2.09. The zero-order chi connectivity index (χ0) is 18.4. The van der Waals surface area contributed by atoms with E-state index < -0.39 is 0 Å². The molecule has 0 aliphatic rings. The summed E-state index contributed by atoms with van der Waals surface area (Å²) in [5, 5.41) is 12.3. The van der Waals surface area contributed by atoms with Gasteiger partial charge in [-0.25, -0.2) is 4.98 Å². The van der Waals surface area contributed by atoms with Crippen LogP contribution in [0.1, 0.15) is 0 Å². The predicted octanol–water partition coefficient (Wildman–Crippen LogP) is 3.92. The number of hydrogen-bond acceptors (Lipinski definition) is 6. The number of aromatic amines is 1.